The molecule has 0 aliphatic heterocycles. The third-order valence-electron chi connectivity index (χ3n) is 2.98. The van der Waals surface area contributed by atoms with E-state index in [-0.39, 0.29) is 5.91 Å². The van der Waals surface area contributed by atoms with E-state index in [2.05, 4.69) is 5.32 Å². The number of carbonyl (C=O) groups excluding carboxylic acids is 2. The third kappa shape index (κ3) is 4.11. The highest BCUT2D eigenvalue weighted by Gasteiger charge is 2.09. The average Bonchev–Trinajstić information content (AvgIpc) is 2.55. The van der Waals surface area contributed by atoms with Crippen molar-refractivity contribution in [1.29, 1.82) is 0 Å². The lowest BCUT2D eigenvalue weighted by Crippen LogP contribution is -2.12. The van der Waals surface area contributed by atoms with Crippen LogP contribution < -0.4 is 5.32 Å². The minimum atomic E-state index is -0.400. The van der Waals surface area contributed by atoms with Crippen molar-refractivity contribution in [3.05, 3.63) is 59.7 Å². The summed E-state index contributed by atoms with van der Waals surface area (Å²) in [6.45, 7) is 2.07. The van der Waals surface area contributed by atoms with Gasteiger partial charge >= 0.3 is 5.97 Å². The summed E-state index contributed by atoms with van der Waals surface area (Å²) in [5, 5.41) is 2.78. The lowest BCUT2D eigenvalue weighted by molar-refractivity contribution is 0.0526. The molecule has 1 amide bonds. The maximum absolute atomic E-state index is 12.2. The molecule has 2 rings (SSSR count). The molecule has 2 aromatic carbocycles. The topological polar surface area (TPSA) is 55.4 Å². The fourth-order valence-corrected chi connectivity index (χ4v) is 2.29. The lowest BCUT2D eigenvalue weighted by Gasteiger charge is -2.07. The molecule has 0 aliphatic carbocycles. The third-order valence-corrected chi connectivity index (χ3v) is 3.73. The fourth-order valence-electron chi connectivity index (χ4n) is 1.88. The quantitative estimate of drug-likeness (QED) is 0.673. The first-order valence-electron chi connectivity index (χ1n) is 6.86. The van der Waals surface area contributed by atoms with Crippen molar-refractivity contribution in [1.82, 2.24) is 0 Å². The van der Waals surface area contributed by atoms with Gasteiger partial charge in [0.25, 0.3) is 5.91 Å². The van der Waals surface area contributed by atoms with Gasteiger partial charge in [0.05, 0.1) is 12.2 Å². The van der Waals surface area contributed by atoms with E-state index in [0.717, 1.165) is 4.90 Å². The number of anilines is 1. The molecule has 0 aromatic heterocycles. The zero-order chi connectivity index (χ0) is 15.9. The zero-order valence-corrected chi connectivity index (χ0v) is 13.3. The second kappa shape index (κ2) is 7.66. The minimum absolute atomic E-state index is 0.214. The molecule has 5 heteroatoms. The zero-order valence-electron chi connectivity index (χ0n) is 12.5. The van der Waals surface area contributed by atoms with Crippen molar-refractivity contribution in [2.75, 3.05) is 18.2 Å². The van der Waals surface area contributed by atoms with E-state index < -0.39 is 5.97 Å². The highest BCUT2D eigenvalue weighted by Crippen LogP contribution is 2.17. The van der Waals surface area contributed by atoms with Gasteiger partial charge in [-0.05, 0) is 55.6 Å². The number of esters is 1. The van der Waals surface area contributed by atoms with Crippen molar-refractivity contribution >= 4 is 29.3 Å². The van der Waals surface area contributed by atoms with Gasteiger partial charge in [-0.2, -0.15) is 0 Å². The number of rotatable bonds is 5. The molecule has 0 saturated carbocycles. The molecule has 114 valence electrons. The number of thioether (sulfide) groups is 1. The van der Waals surface area contributed by atoms with Gasteiger partial charge < -0.3 is 10.1 Å². The van der Waals surface area contributed by atoms with Gasteiger partial charge in [-0.15, -0.1) is 11.8 Å². The molecule has 22 heavy (non-hydrogen) atoms. The smallest absolute Gasteiger partial charge is 0.338 e. The Morgan fingerprint density at radius 3 is 2.45 bits per heavy atom. The van der Waals surface area contributed by atoms with Crippen molar-refractivity contribution in [2.24, 2.45) is 0 Å². The predicted octanol–water partition coefficient (Wildman–Crippen LogP) is 3.84. The Balaban J connectivity index is 2.10. The van der Waals surface area contributed by atoms with Gasteiger partial charge in [0.2, 0.25) is 0 Å². The van der Waals surface area contributed by atoms with Crippen LogP contribution in [0.4, 0.5) is 5.69 Å². The molecule has 0 aliphatic rings. The monoisotopic (exact) mass is 315 g/mol. The fraction of sp³-hybridized carbons (Fsp3) is 0.176. The Morgan fingerprint density at radius 2 is 1.82 bits per heavy atom. The number of amides is 1. The van der Waals surface area contributed by atoms with Crippen LogP contribution in [0.15, 0.2) is 53.4 Å². The first-order valence-corrected chi connectivity index (χ1v) is 8.09. The largest absolute Gasteiger partial charge is 0.462 e. The summed E-state index contributed by atoms with van der Waals surface area (Å²) < 4.78 is 4.94. The molecule has 2 aromatic rings. The van der Waals surface area contributed by atoms with E-state index in [1.54, 1.807) is 55.1 Å². The summed E-state index contributed by atoms with van der Waals surface area (Å²) in [4.78, 5) is 25.0. The van der Waals surface area contributed by atoms with Crippen LogP contribution in [0, 0.1) is 0 Å². The molecule has 0 spiro atoms. The van der Waals surface area contributed by atoms with Crippen LogP contribution in [0.5, 0.6) is 0 Å². The molecule has 4 nitrogen and oxygen atoms in total. The van der Waals surface area contributed by atoms with Crippen LogP contribution in [-0.4, -0.2) is 24.7 Å². The summed E-state index contributed by atoms with van der Waals surface area (Å²) in [5.74, 6) is -0.614. The van der Waals surface area contributed by atoms with Gasteiger partial charge in [-0.25, -0.2) is 4.79 Å². The van der Waals surface area contributed by atoms with E-state index >= 15 is 0 Å². The number of benzene rings is 2. The molecule has 0 saturated heterocycles. The predicted molar refractivity (Wildman–Crippen MR) is 88.6 cm³/mol. The van der Waals surface area contributed by atoms with Crippen molar-refractivity contribution < 1.29 is 14.3 Å². The van der Waals surface area contributed by atoms with Gasteiger partial charge in [0.15, 0.2) is 0 Å². The van der Waals surface area contributed by atoms with Crippen LogP contribution in [0.3, 0.4) is 0 Å². The molecule has 0 heterocycles. The highest BCUT2D eigenvalue weighted by atomic mass is 32.2. The van der Waals surface area contributed by atoms with Crippen LogP contribution in [-0.2, 0) is 4.74 Å². The Hall–Kier alpha value is -2.27. The van der Waals surface area contributed by atoms with Crippen LogP contribution in [0.2, 0.25) is 0 Å². The summed E-state index contributed by atoms with van der Waals surface area (Å²) in [7, 11) is 0. The van der Waals surface area contributed by atoms with Crippen molar-refractivity contribution in [3.8, 4) is 0 Å². The molecule has 0 bridgehead atoms. The molecular formula is C17H17NO3S. The maximum atomic E-state index is 12.2. The van der Waals surface area contributed by atoms with E-state index in [4.69, 9.17) is 4.74 Å². The van der Waals surface area contributed by atoms with Gasteiger partial charge in [-0.3, -0.25) is 4.79 Å². The summed E-state index contributed by atoms with van der Waals surface area (Å²) >= 11 is 1.62. The number of hydrogen-bond donors (Lipinski definition) is 1. The van der Waals surface area contributed by atoms with E-state index in [0.29, 0.717) is 23.4 Å². The molecule has 0 fully saturated rings. The molecule has 1 N–H and O–H groups in total. The summed E-state index contributed by atoms with van der Waals surface area (Å²) in [6, 6.07) is 14.0. The van der Waals surface area contributed by atoms with Gasteiger partial charge in [0.1, 0.15) is 0 Å². The summed E-state index contributed by atoms with van der Waals surface area (Å²) in [5.41, 5.74) is 1.54. The first kappa shape index (κ1) is 16.1. The van der Waals surface area contributed by atoms with Crippen molar-refractivity contribution in [3.63, 3.8) is 0 Å². The maximum Gasteiger partial charge on any atom is 0.338 e. The number of hydrogen-bond acceptors (Lipinski definition) is 4. The number of carbonyl (C=O) groups is 2. The Labute approximate surface area is 133 Å². The Morgan fingerprint density at radius 1 is 1.09 bits per heavy atom. The highest BCUT2D eigenvalue weighted by molar-refractivity contribution is 7.98. The molecule has 0 atom stereocenters. The second-order valence-electron chi connectivity index (χ2n) is 4.48. The first-order chi connectivity index (χ1) is 10.6. The number of nitrogens with one attached hydrogen (secondary N) is 1. The normalized spacial score (nSPS) is 10.1. The lowest BCUT2D eigenvalue weighted by atomic mass is 10.1. The Kier molecular flexibility index (Phi) is 5.61. The van der Waals surface area contributed by atoms with Gasteiger partial charge in [0, 0.05) is 16.1 Å². The van der Waals surface area contributed by atoms with E-state index in [1.165, 1.54) is 0 Å². The van der Waals surface area contributed by atoms with Crippen LogP contribution in [0.1, 0.15) is 27.6 Å². The van der Waals surface area contributed by atoms with Crippen LogP contribution in [0.25, 0.3) is 0 Å². The minimum Gasteiger partial charge on any atom is -0.462 e. The van der Waals surface area contributed by atoms with Crippen molar-refractivity contribution in [2.45, 2.75) is 11.8 Å². The molecule has 0 radical (unpaired) electrons. The van der Waals surface area contributed by atoms with Crippen LogP contribution >= 0.6 is 11.8 Å². The second-order valence-corrected chi connectivity index (χ2v) is 5.36. The molecule has 0 unspecified atom stereocenters. The summed E-state index contributed by atoms with van der Waals surface area (Å²) in [6.07, 6.45) is 1.98. The van der Waals surface area contributed by atoms with Gasteiger partial charge in [-0.1, -0.05) is 6.07 Å². The van der Waals surface area contributed by atoms with E-state index in [9.17, 15) is 9.59 Å². The standard InChI is InChI=1S/C17H17NO3S/c1-3-21-17(20)13-5-4-6-14(11-13)18-16(19)12-7-9-15(22-2)10-8-12/h4-11H,3H2,1-2H3,(H,18,19). The Bertz CT molecular complexity index is 668. The SMILES string of the molecule is CCOC(=O)c1cccc(NC(=O)c2ccc(SC)cc2)c1. The molecular weight excluding hydrogens is 298 g/mol. The number of ether oxygens (including phenoxy) is 1. The average molecular weight is 315 g/mol. The van der Waals surface area contributed by atoms with E-state index in [1.807, 2.05) is 18.4 Å².